The maximum absolute atomic E-state index is 5.75. The molecule has 0 fully saturated rings. The Labute approximate surface area is 133 Å². The van der Waals surface area contributed by atoms with Crippen LogP contribution in [-0.2, 0) is 4.74 Å². The number of ether oxygens (including phenoxy) is 1. The molecule has 3 heterocycles. The highest BCUT2D eigenvalue weighted by molar-refractivity contribution is 6.02. The molecule has 1 atom stereocenters. The predicted molar refractivity (Wildman–Crippen MR) is 88.0 cm³/mol. The van der Waals surface area contributed by atoms with Crippen LogP contribution in [0.5, 0.6) is 0 Å². The number of hydrogen-bond donors (Lipinski definition) is 2. The van der Waals surface area contributed by atoms with E-state index in [1.165, 1.54) is 0 Å². The molecule has 2 aliphatic rings. The third kappa shape index (κ3) is 2.70. The van der Waals surface area contributed by atoms with E-state index in [0.717, 1.165) is 35.7 Å². The number of rotatable bonds is 3. The van der Waals surface area contributed by atoms with Gasteiger partial charge in [0.15, 0.2) is 6.10 Å². The lowest BCUT2D eigenvalue weighted by Crippen LogP contribution is -2.31. The third-order valence-corrected chi connectivity index (χ3v) is 3.72. The van der Waals surface area contributed by atoms with E-state index in [-0.39, 0.29) is 6.10 Å². The van der Waals surface area contributed by atoms with Gasteiger partial charge in [0.05, 0.1) is 19.1 Å². The number of hydrazone groups is 1. The second-order valence-electron chi connectivity index (χ2n) is 5.19. The van der Waals surface area contributed by atoms with Gasteiger partial charge < -0.3 is 14.5 Å². The van der Waals surface area contributed by atoms with E-state index < -0.39 is 0 Å². The van der Waals surface area contributed by atoms with Crippen molar-refractivity contribution in [3.05, 3.63) is 60.6 Å². The number of aliphatic imine (C=N–C) groups is 1. The lowest BCUT2D eigenvalue weighted by atomic mass is 9.98. The fraction of sp³-hybridized carbons (Fsp3) is 0.176. The maximum Gasteiger partial charge on any atom is 0.212 e. The van der Waals surface area contributed by atoms with Gasteiger partial charge in [-0.25, -0.2) is 10.4 Å². The SMILES string of the molecule is C1=CC(=NNC2=NCCN2)C(c2ccccc2-c2ccco2)O1. The van der Waals surface area contributed by atoms with Gasteiger partial charge in [-0.2, -0.15) is 5.10 Å². The van der Waals surface area contributed by atoms with Crippen molar-refractivity contribution >= 4 is 11.7 Å². The van der Waals surface area contributed by atoms with E-state index in [0.29, 0.717) is 5.96 Å². The Hall–Kier alpha value is -3.02. The third-order valence-electron chi connectivity index (χ3n) is 3.72. The van der Waals surface area contributed by atoms with Gasteiger partial charge in [0.25, 0.3) is 0 Å². The highest BCUT2D eigenvalue weighted by Gasteiger charge is 2.25. The van der Waals surface area contributed by atoms with Gasteiger partial charge in [0.1, 0.15) is 11.5 Å². The number of nitrogens with one attached hydrogen (secondary N) is 2. The summed E-state index contributed by atoms with van der Waals surface area (Å²) in [5.41, 5.74) is 5.75. The second-order valence-corrected chi connectivity index (χ2v) is 5.19. The zero-order valence-electron chi connectivity index (χ0n) is 12.4. The van der Waals surface area contributed by atoms with E-state index in [4.69, 9.17) is 9.15 Å². The van der Waals surface area contributed by atoms with Crippen molar-refractivity contribution < 1.29 is 9.15 Å². The van der Waals surface area contributed by atoms with Gasteiger partial charge in [-0.1, -0.05) is 24.3 Å². The summed E-state index contributed by atoms with van der Waals surface area (Å²) in [7, 11) is 0. The van der Waals surface area contributed by atoms with Crippen LogP contribution in [0, 0.1) is 0 Å². The molecule has 0 radical (unpaired) electrons. The fourth-order valence-corrected chi connectivity index (χ4v) is 2.65. The topological polar surface area (TPSA) is 71.2 Å². The fourth-order valence-electron chi connectivity index (χ4n) is 2.65. The quantitative estimate of drug-likeness (QED) is 0.854. The first-order valence-electron chi connectivity index (χ1n) is 7.48. The Kier molecular flexibility index (Phi) is 3.56. The van der Waals surface area contributed by atoms with E-state index in [1.54, 1.807) is 12.5 Å². The van der Waals surface area contributed by atoms with Gasteiger partial charge in [-0.15, -0.1) is 0 Å². The van der Waals surface area contributed by atoms with Crippen molar-refractivity contribution in [2.24, 2.45) is 10.1 Å². The molecular formula is C17H16N4O2. The molecule has 1 unspecified atom stereocenters. The van der Waals surface area contributed by atoms with Gasteiger partial charge in [0.2, 0.25) is 5.96 Å². The highest BCUT2D eigenvalue weighted by Crippen LogP contribution is 2.33. The molecule has 0 amide bonds. The van der Waals surface area contributed by atoms with E-state index in [9.17, 15) is 0 Å². The molecule has 1 aromatic heterocycles. The standard InChI is InChI=1S/C17H16N4O2/c1-2-5-13(12(4-1)15-6-3-10-22-15)16-14(7-11-23-16)20-21-17-18-8-9-19-17/h1-7,10-11,16H,8-9H2,(H2,18,19,21). The molecule has 0 spiro atoms. The summed E-state index contributed by atoms with van der Waals surface area (Å²) in [6.07, 6.45) is 4.91. The van der Waals surface area contributed by atoms with Crippen LogP contribution in [0.3, 0.4) is 0 Å². The first-order chi connectivity index (χ1) is 11.4. The number of guanidine groups is 1. The summed E-state index contributed by atoms with van der Waals surface area (Å²) in [5, 5.41) is 7.54. The van der Waals surface area contributed by atoms with E-state index in [1.807, 2.05) is 42.5 Å². The summed E-state index contributed by atoms with van der Waals surface area (Å²) in [4.78, 5) is 4.26. The molecule has 116 valence electrons. The number of benzene rings is 1. The van der Waals surface area contributed by atoms with Gasteiger partial charge in [0, 0.05) is 23.7 Å². The monoisotopic (exact) mass is 308 g/mol. The predicted octanol–water partition coefficient (Wildman–Crippen LogP) is 2.44. The van der Waals surface area contributed by atoms with Crippen LogP contribution in [0.1, 0.15) is 11.7 Å². The van der Waals surface area contributed by atoms with Crippen LogP contribution in [0.2, 0.25) is 0 Å². The summed E-state index contributed by atoms with van der Waals surface area (Å²) in [5.74, 6) is 1.50. The Morgan fingerprint density at radius 2 is 2.17 bits per heavy atom. The molecule has 6 nitrogen and oxygen atoms in total. The van der Waals surface area contributed by atoms with Gasteiger partial charge in [-0.3, -0.25) is 0 Å². The zero-order chi connectivity index (χ0) is 15.5. The van der Waals surface area contributed by atoms with Crippen molar-refractivity contribution in [2.45, 2.75) is 6.10 Å². The molecule has 2 N–H and O–H groups in total. The Morgan fingerprint density at radius 3 is 3.00 bits per heavy atom. The van der Waals surface area contributed by atoms with E-state index >= 15 is 0 Å². The smallest absolute Gasteiger partial charge is 0.212 e. The van der Waals surface area contributed by atoms with Crippen molar-refractivity contribution in [1.29, 1.82) is 0 Å². The summed E-state index contributed by atoms with van der Waals surface area (Å²) in [6, 6.07) is 11.8. The average Bonchev–Trinajstić information content (AvgIpc) is 3.34. The summed E-state index contributed by atoms with van der Waals surface area (Å²) in [6.45, 7) is 1.61. The highest BCUT2D eigenvalue weighted by atomic mass is 16.5. The molecule has 0 aliphatic carbocycles. The van der Waals surface area contributed by atoms with Gasteiger partial charge >= 0.3 is 0 Å². The normalized spacial score (nSPS) is 21.1. The molecule has 0 saturated heterocycles. The van der Waals surface area contributed by atoms with Crippen LogP contribution in [0.25, 0.3) is 11.3 Å². The molecule has 0 saturated carbocycles. The lowest BCUT2D eigenvalue weighted by molar-refractivity contribution is 0.220. The minimum Gasteiger partial charge on any atom is -0.487 e. The Morgan fingerprint density at radius 1 is 1.22 bits per heavy atom. The zero-order valence-corrected chi connectivity index (χ0v) is 12.4. The number of hydrogen-bond acceptors (Lipinski definition) is 6. The first kappa shape index (κ1) is 13.6. The van der Waals surface area contributed by atoms with Crippen LogP contribution in [0.15, 0.2) is 69.5 Å². The first-order valence-corrected chi connectivity index (χ1v) is 7.48. The van der Waals surface area contributed by atoms with Gasteiger partial charge in [-0.05, 0) is 12.1 Å². The summed E-state index contributed by atoms with van der Waals surface area (Å²) < 4.78 is 11.3. The van der Waals surface area contributed by atoms with Crippen molar-refractivity contribution in [2.75, 3.05) is 13.1 Å². The number of nitrogens with zero attached hydrogens (tertiary/aromatic N) is 2. The van der Waals surface area contributed by atoms with E-state index in [2.05, 4.69) is 20.8 Å². The molecule has 2 aromatic rings. The number of furan rings is 1. The van der Waals surface area contributed by atoms with Crippen molar-refractivity contribution in [1.82, 2.24) is 10.7 Å². The molecule has 1 aromatic carbocycles. The van der Waals surface area contributed by atoms with Crippen molar-refractivity contribution in [3.63, 3.8) is 0 Å². The van der Waals surface area contributed by atoms with Crippen LogP contribution in [0.4, 0.5) is 0 Å². The molecule has 4 rings (SSSR count). The molecule has 6 heteroatoms. The molecule has 23 heavy (non-hydrogen) atoms. The molecular weight excluding hydrogens is 292 g/mol. The minimum absolute atomic E-state index is 0.272. The molecule has 2 aliphatic heterocycles. The Bertz CT molecular complexity index is 778. The average molecular weight is 308 g/mol. The Balaban J connectivity index is 1.63. The minimum atomic E-state index is -0.272. The van der Waals surface area contributed by atoms with Crippen LogP contribution < -0.4 is 10.7 Å². The maximum atomic E-state index is 5.75. The van der Waals surface area contributed by atoms with Crippen LogP contribution >= 0.6 is 0 Å². The lowest BCUT2D eigenvalue weighted by Gasteiger charge is -2.15. The van der Waals surface area contributed by atoms with Crippen LogP contribution in [-0.4, -0.2) is 24.8 Å². The molecule has 0 bridgehead atoms. The second kappa shape index (κ2) is 6.00. The van der Waals surface area contributed by atoms with Crippen molar-refractivity contribution in [3.8, 4) is 11.3 Å². The summed E-state index contributed by atoms with van der Waals surface area (Å²) >= 11 is 0. The largest absolute Gasteiger partial charge is 0.487 e.